The molecule has 0 fully saturated rings. The highest BCUT2D eigenvalue weighted by Crippen LogP contribution is 2.35. The van der Waals surface area contributed by atoms with Gasteiger partial charge in [-0.2, -0.15) is 0 Å². The van der Waals surface area contributed by atoms with E-state index in [1.165, 1.54) is 5.01 Å². The van der Waals surface area contributed by atoms with Gasteiger partial charge in [0.15, 0.2) is 0 Å². The molecule has 0 bridgehead atoms. The van der Waals surface area contributed by atoms with Gasteiger partial charge in [0.05, 0.1) is 6.04 Å². The van der Waals surface area contributed by atoms with Gasteiger partial charge in [0.25, 0.3) is 0 Å². The van der Waals surface area contributed by atoms with Crippen LogP contribution in [0.3, 0.4) is 0 Å². The summed E-state index contributed by atoms with van der Waals surface area (Å²) in [4.78, 5) is 22.0. The summed E-state index contributed by atoms with van der Waals surface area (Å²) in [5.74, 6) is 3.91. The van der Waals surface area contributed by atoms with Gasteiger partial charge >= 0.3 is 11.9 Å². The Hall–Kier alpha value is -2.18. The van der Waals surface area contributed by atoms with Crippen LogP contribution in [-0.4, -0.2) is 35.1 Å². The number of benzene rings is 1. The molecule has 6 nitrogen and oxygen atoms in total. The van der Waals surface area contributed by atoms with E-state index in [1.54, 1.807) is 7.05 Å². The molecule has 0 radical (unpaired) electrons. The Kier molecular flexibility index (Phi) is 4.16. The van der Waals surface area contributed by atoms with Crippen LogP contribution in [0.5, 0.6) is 0 Å². The summed E-state index contributed by atoms with van der Waals surface area (Å²) in [6.07, 6.45) is 1.84. The van der Waals surface area contributed by atoms with Crippen LogP contribution in [0.1, 0.15) is 17.2 Å². The van der Waals surface area contributed by atoms with Gasteiger partial charge in [-0.05, 0) is 17.5 Å². The van der Waals surface area contributed by atoms with Crippen molar-refractivity contribution in [3.8, 4) is 0 Å². The number of ether oxygens (including phenoxy) is 1. The van der Waals surface area contributed by atoms with Crippen LogP contribution < -0.4 is 5.84 Å². The molecule has 2 atom stereocenters. The second-order valence-electron chi connectivity index (χ2n) is 4.66. The van der Waals surface area contributed by atoms with Crippen LogP contribution in [0.25, 0.3) is 0 Å². The minimum atomic E-state index is -1.19. The molecule has 106 valence electrons. The number of carbonyl (C=O) groups excluding carboxylic acids is 1. The first-order valence-corrected chi connectivity index (χ1v) is 6.16. The van der Waals surface area contributed by atoms with Crippen molar-refractivity contribution < 1.29 is 19.4 Å². The standard InChI is InChI=1S/C14H16N2O4/c1-16(15)11-8-9-4-2-3-5-10(9)14(11)20-13(19)7-6-12(17)18/h2-7,11,14H,8,15H2,1H3,(H,17,18)/b7-6-. The van der Waals surface area contributed by atoms with E-state index in [2.05, 4.69) is 0 Å². The molecular formula is C14H16N2O4. The zero-order valence-corrected chi connectivity index (χ0v) is 11.0. The monoisotopic (exact) mass is 276 g/mol. The Labute approximate surface area is 116 Å². The summed E-state index contributed by atoms with van der Waals surface area (Å²) in [6.45, 7) is 0. The van der Waals surface area contributed by atoms with Crippen LogP contribution in [0.4, 0.5) is 0 Å². The largest absolute Gasteiger partial charge is 0.478 e. The lowest BCUT2D eigenvalue weighted by atomic mass is 10.1. The first kappa shape index (κ1) is 14.2. The number of carboxylic acids is 1. The maximum absolute atomic E-state index is 11.6. The van der Waals surface area contributed by atoms with Crippen molar-refractivity contribution >= 4 is 11.9 Å². The summed E-state index contributed by atoms with van der Waals surface area (Å²) < 4.78 is 5.35. The van der Waals surface area contributed by atoms with Crippen LogP contribution in [0, 0.1) is 0 Å². The third-order valence-electron chi connectivity index (χ3n) is 3.27. The second-order valence-corrected chi connectivity index (χ2v) is 4.66. The minimum Gasteiger partial charge on any atom is -0.478 e. The molecule has 0 saturated heterocycles. The molecule has 0 saturated carbocycles. The van der Waals surface area contributed by atoms with E-state index >= 15 is 0 Å². The lowest BCUT2D eigenvalue weighted by Crippen LogP contribution is -2.41. The summed E-state index contributed by atoms with van der Waals surface area (Å²) in [6, 6.07) is 7.48. The van der Waals surface area contributed by atoms with Crippen molar-refractivity contribution in [3.05, 3.63) is 47.5 Å². The molecule has 1 aromatic rings. The number of hydrogen-bond donors (Lipinski definition) is 2. The van der Waals surface area contributed by atoms with Gasteiger partial charge in [-0.15, -0.1) is 0 Å². The molecule has 1 aromatic carbocycles. The molecule has 0 spiro atoms. The number of nitrogens with two attached hydrogens (primary N) is 1. The summed E-state index contributed by atoms with van der Waals surface area (Å²) in [5, 5.41) is 10.0. The van der Waals surface area contributed by atoms with Crippen molar-refractivity contribution in [1.29, 1.82) is 0 Å². The third kappa shape index (κ3) is 3.04. The highest BCUT2D eigenvalue weighted by Gasteiger charge is 2.36. The van der Waals surface area contributed by atoms with Crippen molar-refractivity contribution in [2.24, 2.45) is 5.84 Å². The van der Waals surface area contributed by atoms with E-state index in [0.717, 1.165) is 23.3 Å². The van der Waals surface area contributed by atoms with Crippen molar-refractivity contribution in [1.82, 2.24) is 5.01 Å². The van der Waals surface area contributed by atoms with E-state index in [9.17, 15) is 9.59 Å². The van der Waals surface area contributed by atoms with Crippen molar-refractivity contribution in [2.75, 3.05) is 7.05 Å². The predicted molar refractivity (Wildman–Crippen MR) is 71.5 cm³/mol. The summed E-state index contributed by atoms with van der Waals surface area (Å²) >= 11 is 0. The Morgan fingerprint density at radius 1 is 1.40 bits per heavy atom. The lowest BCUT2D eigenvalue weighted by Gasteiger charge is -2.25. The molecule has 1 aliphatic carbocycles. The van der Waals surface area contributed by atoms with Gasteiger partial charge in [-0.3, -0.25) is 5.84 Å². The average molecular weight is 276 g/mol. The number of nitrogens with zero attached hydrogens (tertiary/aromatic N) is 1. The van der Waals surface area contributed by atoms with Crippen molar-refractivity contribution in [3.63, 3.8) is 0 Å². The zero-order chi connectivity index (χ0) is 14.7. The molecule has 1 aliphatic rings. The molecule has 0 aliphatic heterocycles. The number of hydrogen-bond acceptors (Lipinski definition) is 5. The molecule has 0 aromatic heterocycles. The van der Waals surface area contributed by atoms with E-state index in [0.29, 0.717) is 6.42 Å². The lowest BCUT2D eigenvalue weighted by molar-refractivity contribution is -0.146. The smallest absolute Gasteiger partial charge is 0.331 e. The highest BCUT2D eigenvalue weighted by atomic mass is 16.5. The second kappa shape index (κ2) is 5.85. The zero-order valence-electron chi connectivity index (χ0n) is 11.0. The molecule has 2 unspecified atom stereocenters. The molecule has 3 N–H and O–H groups in total. The van der Waals surface area contributed by atoms with E-state index in [-0.39, 0.29) is 6.04 Å². The SMILES string of the molecule is CN(N)C1Cc2ccccc2C1OC(=O)/C=C\C(=O)O. The van der Waals surface area contributed by atoms with Crippen LogP contribution in [0.2, 0.25) is 0 Å². The molecular weight excluding hydrogens is 260 g/mol. The van der Waals surface area contributed by atoms with Crippen LogP contribution in [0.15, 0.2) is 36.4 Å². The fraction of sp³-hybridized carbons (Fsp3) is 0.286. The van der Waals surface area contributed by atoms with Gasteiger partial charge in [0.1, 0.15) is 6.10 Å². The van der Waals surface area contributed by atoms with E-state index in [1.807, 2.05) is 24.3 Å². The predicted octanol–water partition coefficient (Wildman–Crippen LogP) is 0.642. The number of aliphatic carboxylic acids is 1. The Balaban J connectivity index is 2.19. The average Bonchev–Trinajstić information content (AvgIpc) is 2.76. The molecule has 0 heterocycles. The Morgan fingerprint density at radius 2 is 2.10 bits per heavy atom. The fourth-order valence-corrected chi connectivity index (χ4v) is 2.34. The highest BCUT2D eigenvalue weighted by molar-refractivity contribution is 5.90. The quantitative estimate of drug-likeness (QED) is 0.363. The maximum atomic E-state index is 11.6. The first-order chi connectivity index (χ1) is 9.49. The van der Waals surface area contributed by atoms with E-state index in [4.69, 9.17) is 15.7 Å². The fourth-order valence-electron chi connectivity index (χ4n) is 2.34. The molecule has 0 amide bonds. The first-order valence-electron chi connectivity index (χ1n) is 6.16. The molecule has 20 heavy (non-hydrogen) atoms. The normalized spacial score (nSPS) is 21.1. The third-order valence-corrected chi connectivity index (χ3v) is 3.27. The number of likely N-dealkylation sites (N-methyl/N-ethyl adjacent to an activating group) is 1. The summed E-state index contributed by atoms with van der Waals surface area (Å²) in [7, 11) is 1.71. The molecule has 6 heteroatoms. The van der Waals surface area contributed by atoms with Crippen LogP contribution >= 0.6 is 0 Å². The Bertz CT molecular complexity index is 554. The summed E-state index contributed by atoms with van der Waals surface area (Å²) in [5.41, 5.74) is 1.99. The van der Waals surface area contributed by atoms with Gasteiger partial charge in [-0.1, -0.05) is 24.3 Å². The topological polar surface area (TPSA) is 92.9 Å². The molecule has 2 rings (SSSR count). The van der Waals surface area contributed by atoms with Gasteiger partial charge in [0, 0.05) is 19.2 Å². The number of esters is 1. The van der Waals surface area contributed by atoms with Crippen molar-refractivity contribution in [2.45, 2.75) is 18.6 Å². The number of fused-ring (bicyclic) bond motifs is 1. The van der Waals surface area contributed by atoms with E-state index < -0.39 is 18.0 Å². The van der Waals surface area contributed by atoms with Gasteiger partial charge in [-0.25, -0.2) is 14.6 Å². The number of rotatable bonds is 4. The van der Waals surface area contributed by atoms with Crippen LogP contribution in [-0.2, 0) is 20.7 Å². The maximum Gasteiger partial charge on any atom is 0.331 e. The van der Waals surface area contributed by atoms with Gasteiger partial charge in [0.2, 0.25) is 0 Å². The number of carbonyl (C=O) groups is 2. The Morgan fingerprint density at radius 3 is 2.75 bits per heavy atom. The minimum absolute atomic E-state index is 0.158. The van der Waals surface area contributed by atoms with Gasteiger partial charge < -0.3 is 9.84 Å². The number of hydrazine groups is 1. The number of carboxylic acid groups (broad SMARTS) is 1.